The largest absolute Gasteiger partial charge is 0.378 e. The van der Waals surface area contributed by atoms with E-state index in [4.69, 9.17) is 0 Å². The lowest BCUT2D eigenvalue weighted by atomic mass is 10.0. The third-order valence-electron chi connectivity index (χ3n) is 3.32. The maximum Gasteiger partial charge on any atom is 0.165 e. The summed E-state index contributed by atoms with van der Waals surface area (Å²) in [6.45, 7) is 3.79. The highest BCUT2D eigenvalue weighted by Gasteiger charge is 2.09. The van der Waals surface area contributed by atoms with Crippen LogP contribution in [0.5, 0.6) is 0 Å². The van der Waals surface area contributed by atoms with Crippen LogP contribution in [-0.2, 0) is 0 Å². The molecule has 0 fully saturated rings. The topological polar surface area (TPSA) is 45.0 Å². The lowest BCUT2D eigenvalue weighted by Gasteiger charge is -2.11. The Bertz CT molecular complexity index is 656. The molecule has 0 aliphatic rings. The van der Waals surface area contributed by atoms with Crippen LogP contribution in [0.3, 0.4) is 0 Å². The summed E-state index contributed by atoms with van der Waals surface area (Å²) < 4.78 is 0. The summed E-state index contributed by atoms with van der Waals surface area (Å²) in [6.07, 6.45) is 0. The fourth-order valence-corrected chi connectivity index (χ4v) is 1.96. The van der Waals surface area contributed by atoms with Crippen LogP contribution in [0.15, 0.2) is 58.8 Å². The van der Waals surface area contributed by atoms with Gasteiger partial charge < -0.3 is 4.90 Å². The van der Waals surface area contributed by atoms with Crippen LogP contribution in [-0.4, -0.2) is 19.9 Å². The molecule has 0 amide bonds. The smallest absolute Gasteiger partial charge is 0.165 e. The van der Waals surface area contributed by atoms with E-state index in [2.05, 4.69) is 10.2 Å². The third-order valence-corrected chi connectivity index (χ3v) is 3.32. The van der Waals surface area contributed by atoms with Crippen molar-refractivity contribution in [3.05, 3.63) is 54.1 Å². The standard InChI is InChI=1S/C18H21N3O/c1-13(2)18(22)14-5-7-15(8-6-14)19-20-16-9-11-17(12-10-16)21(3)4/h5-13H,1-4H3/b20-19+. The number of azo groups is 1. The number of anilines is 1. The molecular weight excluding hydrogens is 274 g/mol. The monoisotopic (exact) mass is 295 g/mol. The van der Waals surface area contributed by atoms with Gasteiger partial charge in [-0.25, -0.2) is 0 Å². The SMILES string of the molecule is CC(C)C(=O)c1ccc(/N=N/c2ccc(N(C)C)cc2)cc1. The minimum Gasteiger partial charge on any atom is -0.378 e. The van der Waals surface area contributed by atoms with Gasteiger partial charge in [0.25, 0.3) is 0 Å². The molecule has 0 N–H and O–H groups in total. The average Bonchev–Trinajstić information content (AvgIpc) is 2.53. The number of carbonyl (C=O) groups is 1. The van der Waals surface area contributed by atoms with Crippen LogP contribution in [0.4, 0.5) is 17.1 Å². The van der Waals surface area contributed by atoms with Gasteiger partial charge in [0, 0.05) is 31.3 Å². The number of rotatable bonds is 5. The van der Waals surface area contributed by atoms with E-state index in [1.807, 2.05) is 69.2 Å². The highest BCUT2D eigenvalue weighted by molar-refractivity contribution is 5.97. The molecule has 2 aromatic carbocycles. The number of nitrogens with zero attached hydrogens (tertiary/aromatic N) is 3. The highest BCUT2D eigenvalue weighted by Crippen LogP contribution is 2.22. The van der Waals surface area contributed by atoms with Crippen molar-refractivity contribution >= 4 is 22.8 Å². The minimum atomic E-state index is 0.00249. The van der Waals surface area contributed by atoms with Crippen molar-refractivity contribution < 1.29 is 4.79 Å². The molecule has 0 aliphatic carbocycles. The Hall–Kier alpha value is -2.49. The summed E-state index contributed by atoms with van der Waals surface area (Å²) >= 11 is 0. The van der Waals surface area contributed by atoms with Gasteiger partial charge >= 0.3 is 0 Å². The van der Waals surface area contributed by atoms with Gasteiger partial charge in [-0.1, -0.05) is 13.8 Å². The molecule has 0 aliphatic heterocycles. The minimum absolute atomic E-state index is 0.00249. The Morgan fingerprint density at radius 1 is 0.864 bits per heavy atom. The van der Waals surface area contributed by atoms with E-state index in [-0.39, 0.29) is 11.7 Å². The van der Waals surface area contributed by atoms with Crippen LogP contribution < -0.4 is 4.90 Å². The Morgan fingerprint density at radius 2 is 1.32 bits per heavy atom. The van der Waals surface area contributed by atoms with E-state index in [0.29, 0.717) is 5.56 Å². The number of carbonyl (C=O) groups excluding carboxylic acids is 1. The van der Waals surface area contributed by atoms with Gasteiger partial charge in [-0.05, 0) is 48.5 Å². The van der Waals surface area contributed by atoms with E-state index < -0.39 is 0 Å². The van der Waals surface area contributed by atoms with Crippen molar-refractivity contribution in [2.45, 2.75) is 13.8 Å². The highest BCUT2D eigenvalue weighted by atomic mass is 16.1. The first-order valence-corrected chi connectivity index (χ1v) is 7.31. The lowest BCUT2D eigenvalue weighted by molar-refractivity contribution is 0.0939. The van der Waals surface area contributed by atoms with Crippen LogP contribution in [0.2, 0.25) is 0 Å². The van der Waals surface area contributed by atoms with Crippen molar-refractivity contribution in [3.8, 4) is 0 Å². The van der Waals surface area contributed by atoms with E-state index >= 15 is 0 Å². The van der Waals surface area contributed by atoms with Gasteiger partial charge in [0.15, 0.2) is 5.78 Å². The van der Waals surface area contributed by atoms with Gasteiger partial charge in [-0.2, -0.15) is 10.2 Å². The average molecular weight is 295 g/mol. The number of benzene rings is 2. The number of hydrogen-bond acceptors (Lipinski definition) is 4. The molecule has 0 saturated heterocycles. The first-order chi connectivity index (χ1) is 10.5. The molecule has 22 heavy (non-hydrogen) atoms. The van der Waals surface area contributed by atoms with Crippen LogP contribution in [0.1, 0.15) is 24.2 Å². The van der Waals surface area contributed by atoms with Crippen LogP contribution in [0.25, 0.3) is 0 Å². The van der Waals surface area contributed by atoms with E-state index in [1.54, 1.807) is 12.1 Å². The second kappa shape index (κ2) is 6.98. The Balaban J connectivity index is 2.08. The van der Waals surface area contributed by atoms with Gasteiger partial charge in [0.1, 0.15) is 0 Å². The molecular formula is C18H21N3O. The second-order valence-corrected chi connectivity index (χ2v) is 5.68. The zero-order valence-corrected chi connectivity index (χ0v) is 13.4. The second-order valence-electron chi connectivity index (χ2n) is 5.68. The van der Waals surface area contributed by atoms with Crippen molar-refractivity contribution in [2.24, 2.45) is 16.1 Å². The van der Waals surface area contributed by atoms with Gasteiger partial charge in [-0.15, -0.1) is 0 Å². The molecule has 4 nitrogen and oxygen atoms in total. The molecule has 0 bridgehead atoms. The molecule has 4 heteroatoms. The number of Topliss-reactive ketones (excluding diaryl/α,β-unsaturated/α-hetero) is 1. The van der Waals surface area contributed by atoms with Crippen molar-refractivity contribution in [3.63, 3.8) is 0 Å². The first kappa shape index (κ1) is 15.9. The predicted molar refractivity (Wildman–Crippen MR) is 90.6 cm³/mol. The van der Waals surface area contributed by atoms with Crippen LogP contribution >= 0.6 is 0 Å². The van der Waals surface area contributed by atoms with E-state index in [9.17, 15) is 4.79 Å². The zero-order valence-electron chi connectivity index (χ0n) is 13.4. The lowest BCUT2D eigenvalue weighted by Crippen LogP contribution is -2.07. The maximum absolute atomic E-state index is 11.9. The number of ketones is 1. The maximum atomic E-state index is 11.9. The summed E-state index contributed by atoms with van der Waals surface area (Å²) in [5.41, 5.74) is 3.37. The van der Waals surface area contributed by atoms with E-state index in [1.165, 1.54) is 0 Å². The fourth-order valence-electron chi connectivity index (χ4n) is 1.96. The summed E-state index contributed by atoms with van der Waals surface area (Å²) in [5.74, 6) is 0.144. The predicted octanol–water partition coefficient (Wildman–Crippen LogP) is 5.01. The molecule has 0 saturated carbocycles. The third kappa shape index (κ3) is 4.01. The van der Waals surface area contributed by atoms with Gasteiger partial charge in [0.2, 0.25) is 0 Å². The van der Waals surface area contributed by atoms with Gasteiger partial charge in [0.05, 0.1) is 11.4 Å². The molecule has 0 heterocycles. The molecule has 0 aromatic heterocycles. The molecule has 114 valence electrons. The normalized spacial score (nSPS) is 11.1. The molecule has 0 unspecified atom stereocenters. The molecule has 0 spiro atoms. The summed E-state index contributed by atoms with van der Waals surface area (Å²) in [7, 11) is 3.99. The summed E-state index contributed by atoms with van der Waals surface area (Å²) in [6, 6.07) is 15.1. The van der Waals surface area contributed by atoms with Crippen molar-refractivity contribution in [1.29, 1.82) is 0 Å². The van der Waals surface area contributed by atoms with Crippen LogP contribution in [0, 0.1) is 5.92 Å². The fraction of sp³-hybridized carbons (Fsp3) is 0.278. The van der Waals surface area contributed by atoms with E-state index in [0.717, 1.165) is 17.1 Å². The zero-order chi connectivity index (χ0) is 16.1. The molecule has 0 radical (unpaired) electrons. The van der Waals surface area contributed by atoms with Crippen molar-refractivity contribution in [2.75, 3.05) is 19.0 Å². The summed E-state index contributed by atoms with van der Waals surface area (Å²) in [4.78, 5) is 13.9. The first-order valence-electron chi connectivity index (χ1n) is 7.31. The molecule has 0 atom stereocenters. The van der Waals surface area contributed by atoms with Gasteiger partial charge in [-0.3, -0.25) is 4.79 Å². The summed E-state index contributed by atoms with van der Waals surface area (Å²) in [5, 5.41) is 8.40. The Morgan fingerprint density at radius 3 is 1.73 bits per heavy atom. The Kier molecular flexibility index (Phi) is 5.04. The number of hydrogen-bond donors (Lipinski definition) is 0. The molecule has 2 aromatic rings. The molecule has 2 rings (SSSR count). The Labute approximate surface area is 131 Å². The quantitative estimate of drug-likeness (QED) is 0.575. The van der Waals surface area contributed by atoms with Crippen molar-refractivity contribution in [1.82, 2.24) is 0 Å².